The molecule has 0 fully saturated rings. The molecule has 0 aliphatic carbocycles. The van der Waals surface area contributed by atoms with Gasteiger partial charge in [-0.2, -0.15) is 8.78 Å². The number of nitrogens with one attached hydrogen (secondary N) is 1. The van der Waals surface area contributed by atoms with Crippen molar-refractivity contribution in [3.8, 4) is 0 Å². The van der Waals surface area contributed by atoms with E-state index in [1.54, 1.807) is 0 Å². The average molecular weight is 297 g/mol. The summed E-state index contributed by atoms with van der Waals surface area (Å²) in [6, 6.07) is 3.27. The summed E-state index contributed by atoms with van der Waals surface area (Å²) in [4.78, 5) is 24.5. The van der Waals surface area contributed by atoms with E-state index < -0.39 is 39.7 Å². The number of hydrogen-bond donors (Lipinski definition) is 1. The van der Waals surface area contributed by atoms with Crippen LogP contribution in [0.1, 0.15) is 10.4 Å². The van der Waals surface area contributed by atoms with Gasteiger partial charge in [0.1, 0.15) is 11.4 Å². The summed E-state index contributed by atoms with van der Waals surface area (Å²) in [6.45, 7) is 0. The second-order valence-electron chi connectivity index (χ2n) is 3.84. The van der Waals surface area contributed by atoms with Crippen molar-refractivity contribution in [2.24, 2.45) is 0 Å². The first kappa shape index (κ1) is 14.4. The largest absolute Gasteiger partial charge is 0.320 e. The minimum atomic E-state index is -1.59. The van der Waals surface area contributed by atoms with Gasteiger partial charge in [0, 0.05) is 6.07 Å². The molecule has 1 aromatic carbocycles. The van der Waals surface area contributed by atoms with Crippen LogP contribution in [0.5, 0.6) is 0 Å². The fourth-order valence-corrected chi connectivity index (χ4v) is 1.53. The summed E-state index contributed by atoms with van der Waals surface area (Å²) in [7, 11) is 0. The zero-order chi connectivity index (χ0) is 15.6. The lowest BCUT2D eigenvalue weighted by Crippen LogP contribution is -2.17. The Morgan fingerprint density at radius 2 is 1.90 bits per heavy atom. The first-order valence-corrected chi connectivity index (χ1v) is 5.45. The molecule has 0 spiro atoms. The summed E-state index contributed by atoms with van der Waals surface area (Å²) < 4.78 is 39.9. The van der Waals surface area contributed by atoms with Gasteiger partial charge in [0.25, 0.3) is 5.91 Å². The smallest absolute Gasteiger partial charge is 0.305 e. The first-order chi connectivity index (χ1) is 9.90. The fourth-order valence-electron chi connectivity index (χ4n) is 1.53. The van der Waals surface area contributed by atoms with Gasteiger partial charge in [-0.15, -0.1) is 0 Å². The van der Waals surface area contributed by atoms with Gasteiger partial charge in [-0.1, -0.05) is 0 Å². The molecule has 6 nitrogen and oxygen atoms in total. The molecule has 0 saturated carbocycles. The number of nitro groups is 1. The van der Waals surface area contributed by atoms with Crippen molar-refractivity contribution in [1.82, 2.24) is 4.98 Å². The number of aromatic nitrogens is 1. The zero-order valence-electron chi connectivity index (χ0n) is 10.1. The summed E-state index contributed by atoms with van der Waals surface area (Å²) >= 11 is 0. The number of nitro benzene ring substituents is 1. The van der Waals surface area contributed by atoms with Gasteiger partial charge in [0.05, 0.1) is 16.8 Å². The van der Waals surface area contributed by atoms with Crippen molar-refractivity contribution < 1.29 is 22.9 Å². The van der Waals surface area contributed by atoms with E-state index in [-0.39, 0.29) is 5.69 Å². The third-order valence-electron chi connectivity index (χ3n) is 2.48. The normalized spacial score (nSPS) is 10.2. The summed E-state index contributed by atoms with van der Waals surface area (Å²) in [5.41, 5.74) is -2.15. The monoisotopic (exact) mass is 297 g/mol. The third kappa shape index (κ3) is 2.96. The van der Waals surface area contributed by atoms with Crippen molar-refractivity contribution in [3.63, 3.8) is 0 Å². The van der Waals surface area contributed by atoms with Gasteiger partial charge in [0.2, 0.25) is 11.8 Å². The Labute approximate surface area is 115 Å². The predicted molar refractivity (Wildman–Crippen MR) is 65.2 cm³/mol. The molecule has 0 aliphatic heterocycles. The van der Waals surface area contributed by atoms with Crippen LogP contribution < -0.4 is 5.32 Å². The van der Waals surface area contributed by atoms with Crippen molar-refractivity contribution in [2.45, 2.75) is 0 Å². The molecule has 1 aromatic heterocycles. The van der Waals surface area contributed by atoms with Crippen LogP contribution in [0.25, 0.3) is 0 Å². The van der Waals surface area contributed by atoms with Gasteiger partial charge < -0.3 is 5.32 Å². The van der Waals surface area contributed by atoms with E-state index in [0.29, 0.717) is 12.1 Å². The summed E-state index contributed by atoms with van der Waals surface area (Å²) in [5, 5.41) is 12.6. The van der Waals surface area contributed by atoms with Crippen LogP contribution in [0.15, 0.2) is 30.5 Å². The van der Waals surface area contributed by atoms with Crippen molar-refractivity contribution in [1.29, 1.82) is 0 Å². The predicted octanol–water partition coefficient (Wildman–Crippen LogP) is 2.66. The standard InChI is InChI=1S/C12H6F3N3O3/c13-7-2-3-8(18(20)21)11(15)10(7)12(19)17-6-1-4-9(14)16-5-6/h1-5H,(H,17,19). The number of carbonyl (C=O) groups is 1. The van der Waals surface area contributed by atoms with E-state index in [2.05, 4.69) is 10.3 Å². The lowest BCUT2D eigenvalue weighted by molar-refractivity contribution is -0.387. The average Bonchev–Trinajstić information content (AvgIpc) is 2.41. The Hall–Kier alpha value is -2.97. The van der Waals surface area contributed by atoms with E-state index in [0.717, 1.165) is 18.3 Å². The molecule has 21 heavy (non-hydrogen) atoms. The maximum atomic E-state index is 13.8. The summed E-state index contributed by atoms with van der Waals surface area (Å²) in [6.07, 6.45) is 0.931. The van der Waals surface area contributed by atoms with E-state index in [1.807, 2.05) is 0 Å². The number of amides is 1. The Morgan fingerprint density at radius 1 is 1.19 bits per heavy atom. The first-order valence-electron chi connectivity index (χ1n) is 5.45. The maximum absolute atomic E-state index is 13.8. The van der Waals surface area contributed by atoms with Gasteiger partial charge in [0.15, 0.2) is 0 Å². The molecule has 1 amide bonds. The van der Waals surface area contributed by atoms with Crippen LogP contribution >= 0.6 is 0 Å². The Morgan fingerprint density at radius 3 is 2.48 bits per heavy atom. The van der Waals surface area contributed by atoms with Crippen LogP contribution in [-0.4, -0.2) is 15.8 Å². The molecule has 0 unspecified atom stereocenters. The highest BCUT2D eigenvalue weighted by Crippen LogP contribution is 2.23. The van der Waals surface area contributed by atoms with Crippen LogP contribution in [0, 0.1) is 27.7 Å². The lowest BCUT2D eigenvalue weighted by atomic mass is 10.1. The van der Waals surface area contributed by atoms with Gasteiger partial charge in [-0.3, -0.25) is 14.9 Å². The van der Waals surface area contributed by atoms with Crippen LogP contribution in [0.4, 0.5) is 24.5 Å². The molecular weight excluding hydrogens is 291 g/mol. The number of benzene rings is 1. The van der Waals surface area contributed by atoms with Crippen molar-refractivity contribution in [2.75, 3.05) is 5.32 Å². The zero-order valence-corrected chi connectivity index (χ0v) is 10.1. The van der Waals surface area contributed by atoms with Crippen molar-refractivity contribution >= 4 is 17.3 Å². The molecule has 1 heterocycles. The molecule has 2 rings (SSSR count). The molecular formula is C12H6F3N3O3. The van der Waals surface area contributed by atoms with Crippen molar-refractivity contribution in [3.05, 3.63) is 63.7 Å². The molecule has 0 atom stereocenters. The number of rotatable bonds is 3. The Kier molecular flexibility index (Phi) is 3.83. The van der Waals surface area contributed by atoms with E-state index in [9.17, 15) is 28.1 Å². The van der Waals surface area contributed by atoms with Gasteiger partial charge in [-0.25, -0.2) is 9.37 Å². The molecule has 1 N–H and O–H groups in total. The quantitative estimate of drug-likeness (QED) is 0.536. The minimum absolute atomic E-state index is 0.0216. The Bertz CT molecular complexity index is 720. The molecule has 108 valence electrons. The number of nitrogens with zero attached hydrogens (tertiary/aromatic N) is 2. The lowest BCUT2D eigenvalue weighted by Gasteiger charge is -2.07. The number of anilines is 1. The number of hydrogen-bond acceptors (Lipinski definition) is 4. The summed E-state index contributed by atoms with van der Waals surface area (Å²) in [5.74, 6) is -4.90. The Balaban J connectivity index is 2.37. The van der Waals surface area contributed by atoms with Crippen LogP contribution in [0.2, 0.25) is 0 Å². The van der Waals surface area contributed by atoms with Crippen LogP contribution in [0.3, 0.4) is 0 Å². The number of halogens is 3. The van der Waals surface area contributed by atoms with E-state index >= 15 is 0 Å². The second kappa shape index (κ2) is 5.57. The topological polar surface area (TPSA) is 85.1 Å². The number of pyridine rings is 1. The molecule has 0 radical (unpaired) electrons. The molecule has 0 bridgehead atoms. The van der Waals surface area contributed by atoms with E-state index in [1.165, 1.54) is 0 Å². The molecule has 9 heteroatoms. The van der Waals surface area contributed by atoms with Gasteiger partial charge in [-0.05, 0) is 18.2 Å². The number of carbonyl (C=O) groups excluding carboxylic acids is 1. The third-order valence-corrected chi connectivity index (χ3v) is 2.48. The maximum Gasteiger partial charge on any atom is 0.305 e. The van der Waals surface area contributed by atoms with Gasteiger partial charge >= 0.3 is 5.69 Å². The van der Waals surface area contributed by atoms with E-state index in [4.69, 9.17) is 0 Å². The molecule has 2 aromatic rings. The fraction of sp³-hybridized carbons (Fsp3) is 0. The second-order valence-corrected chi connectivity index (χ2v) is 3.84. The highest BCUT2D eigenvalue weighted by atomic mass is 19.1. The van der Waals surface area contributed by atoms with Crippen LogP contribution in [-0.2, 0) is 0 Å². The molecule has 0 aliphatic rings. The highest BCUT2D eigenvalue weighted by molar-refractivity contribution is 6.05. The molecule has 0 saturated heterocycles. The SMILES string of the molecule is O=C(Nc1ccc(F)nc1)c1c(F)ccc([N+](=O)[O-])c1F. The highest BCUT2D eigenvalue weighted by Gasteiger charge is 2.26. The minimum Gasteiger partial charge on any atom is -0.320 e.